The maximum absolute atomic E-state index is 12.8. The Morgan fingerprint density at radius 2 is 2.22 bits per heavy atom. The first-order valence-electron chi connectivity index (χ1n) is 7.24. The van der Waals surface area contributed by atoms with Crippen LogP contribution in [0.4, 0.5) is 0 Å². The van der Waals surface area contributed by atoms with Gasteiger partial charge >= 0.3 is 5.97 Å². The molecule has 3 aliphatic rings. The number of carboxylic acid groups (broad SMARTS) is 1. The van der Waals surface area contributed by atoms with Crippen molar-refractivity contribution in [2.24, 2.45) is 11.8 Å². The smallest absolute Gasteiger partial charge is 0.310 e. The monoisotopic (exact) mass is 353 g/mol. The van der Waals surface area contributed by atoms with E-state index in [-0.39, 0.29) is 12.5 Å². The molecule has 1 spiro atoms. The lowest BCUT2D eigenvalue weighted by molar-refractivity contribution is -0.148. The molecule has 120 valence electrons. The molecule has 0 aliphatic carbocycles. The van der Waals surface area contributed by atoms with Crippen LogP contribution in [-0.4, -0.2) is 40.1 Å². The second kappa shape index (κ2) is 4.97. The molecule has 3 heterocycles. The highest BCUT2D eigenvalue weighted by molar-refractivity contribution is 6.42. The number of carbonyl (C=O) groups is 2. The van der Waals surface area contributed by atoms with Crippen LogP contribution in [0.2, 0.25) is 10.0 Å². The normalized spacial score (nSPS) is 34.3. The van der Waals surface area contributed by atoms with Gasteiger partial charge in [-0.1, -0.05) is 47.5 Å². The molecule has 2 fully saturated rings. The molecule has 4 atom stereocenters. The summed E-state index contributed by atoms with van der Waals surface area (Å²) in [5.74, 6) is -2.71. The van der Waals surface area contributed by atoms with E-state index in [9.17, 15) is 14.7 Å². The van der Waals surface area contributed by atoms with E-state index >= 15 is 0 Å². The summed E-state index contributed by atoms with van der Waals surface area (Å²) in [4.78, 5) is 25.9. The van der Waals surface area contributed by atoms with Gasteiger partial charge in [-0.25, -0.2) is 0 Å². The number of carbonyl (C=O) groups excluding carboxylic acids is 1. The van der Waals surface area contributed by atoms with Crippen LogP contribution in [0, 0.1) is 11.8 Å². The van der Waals surface area contributed by atoms with Gasteiger partial charge in [0, 0.05) is 6.54 Å². The molecule has 3 aliphatic heterocycles. The fourth-order valence-corrected chi connectivity index (χ4v) is 4.25. The number of nitrogens with zero attached hydrogens (tertiary/aromatic N) is 1. The zero-order valence-electron chi connectivity index (χ0n) is 11.9. The van der Waals surface area contributed by atoms with Crippen LogP contribution >= 0.6 is 23.2 Å². The molecule has 4 rings (SSSR count). The lowest BCUT2D eigenvalue weighted by Crippen LogP contribution is -2.39. The Labute approximate surface area is 142 Å². The summed E-state index contributed by atoms with van der Waals surface area (Å²) in [5.41, 5.74) is -0.0927. The number of likely N-dealkylation sites (tertiary alicyclic amines) is 1. The Morgan fingerprint density at radius 1 is 1.43 bits per heavy atom. The van der Waals surface area contributed by atoms with E-state index < -0.39 is 29.5 Å². The summed E-state index contributed by atoms with van der Waals surface area (Å²) >= 11 is 12.2. The molecule has 0 aromatic heterocycles. The van der Waals surface area contributed by atoms with Gasteiger partial charge < -0.3 is 14.7 Å². The van der Waals surface area contributed by atoms with Gasteiger partial charge in [-0.05, 0) is 11.6 Å². The van der Waals surface area contributed by atoms with Crippen LogP contribution in [0.1, 0.15) is 5.56 Å². The van der Waals surface area contributed by atoms with Gasteiger partial charge in [0.15, 0.2) is 0 Å². The summed E-state index contributed by atoms with van der Waals surface area (Å²) in [6.45, 7) is 0.612. The minimum Gasteiger partial charge on any atom is -0.481 e. The number of hydrogen-bond acceptors (Lipinski definition) is 3. The van der Waals surface area contributed by atoms with Crippen LogP contribution in [0.25, 0.3) is 0 Å². The number of halogens is 2. The minimum absolute atomic E-state index is 0.208. The van der Waals surface area contributed by atoms with E-state index in [0.717, 1.165) is 5.56 Å². The van der Waals surface area contributed by atoms with E-state index in [1.54, 1.807) is 29.2 Å². The van der Waals surface area contributed by atoms with Crippen molar-refractivity contribution in [1.29, 1.82) is 0 Å². The van der Waals surface area contributed by atoms with E-state index in [1.807, 2.05) is 6.08 Å². The Balaban J connectivity index is 1.64. The van der Waals surface area contributed by atoms with Crippen molar-refractivity contribution in [2.45, 2.75) is 18.2 Å². The van der Waals surface area contributed by atoms with Crippen molar-refractivity contribution in [1.82, 2.24) is 4.90 Å². The molecular weight excluding hydrogens is 341 g/mol. The SMILES string of the molecule is O=C(O)C1C2C=CC3(CN(Cc4cccc(Cl)c4Cl)C(=O)C13)O2. The molecule has 23 heavy (non-hydrogen) atoms. The van der Waals surface area contributed by atoms with Crippen molar-refractivity contribution in [2.75, 3.05) is 6.54 Å². The summed E-state index contributed by atoms with van der Waals surface area (Å²) in [5, 5.41) is 10.3. The average molecular weight is 354 g/mol. The number of carboxylic acids is 1. The second-order valence-corrected chi connectivity index (χ2v) is 6.93. The van der Waals surface area contributed by atoms with Crippen LogP contribution in [-0.2, 0) is 20.9 Å². The van der Waals surface area contributed by atoms with Crippen molar-refractivity contribution in [3.63, 3.8) is 0 Å². The minimum atomic E-state index is -0.998. The second-order valence-electron chi connectivity index (χ2n) is 6.15. The molecule has 1 aromatic rings. The standard InChI is InChI=1S/C16H13Cl2NO4/c17-9-3-1-2-8(13(9)18)6-19-7-16-5-4-10(23-16)11(15(21)22)12(16)14(19)20/h1-5,10-12H,6-7H2,(H,21,22). The third-order valence-electron chi connectivity index (χ3n) is 4.86. The number of fused-ring (bicyclic) bond motifs is 1. The quantitative estimate of drug-likeness (QED) is 0.847. The van der Waals surface area contributed by atoms with Crippen molar-refractivity contribution in [3.05, 3.63) is 46.0 Å². The molecule has 4 unspecified atom stereocenters. The number of benzene rings is 1. The van der Waals surface area contributed by atoms with Crippen LogP contribution < -0.4 is 0 Å². The first kappa shape index (κ1) is 15.0. The maximum atomic E-state index is 12.8. The molecule has 2 saturated heterocycles. The van der Waals surface area contributed by atoms with E-state index in [0.29, 0.717) is 16.6 Å². The van der Waals surface area contributed by atoms with E-state index in [4.69, 9.17) is 27.9 Å². The van der Waals surface area contributed by atoms with Gasteiger partial charge in [0.1, 0.15) is 11.5 Å². The highest BCUT2D eigenvalue weighted by Crippen LogP contribution is 2.52. The van der Waals surface area contributed by atoms with Crippen LogP contribution in [0.5, 0.6) is 0 Å². The molecule has 1 amide bonds. The molecule has 1 N–H and O–H groups in total. The fraction of sp³-hybridized carbons (Fsp3) is 0.375. The average Bonchev–Trinajstić information content (AvgIpc) is 3.13. The third-order valence-corrected chi connectivity index (χ3v) is 5.71. The molecule has 1 aromatic carbocycles. The van der Waals surface area contributed by atoms with Gasteiger partial charge in [-0.15, -0.1) is 0 Å². The molecule has 0 radical (unpaired) electrons. The maximum Gasteiger partial charge on any atom is 0.310 e. The molecule has 2 bridgehead atoms. The number of aliphatic carboxylic acids is 1. The van der Waals surface area contributed by atoms with E-state index in [1.165, 1.54) is 0 Å². The Hall–Kier alpha value is -1.56. The summed E-state index contributed by atoms with van der Waals surface area (Å²) < 4.78 is 5.84. The number of rotatable bonds is 3. The predicted octanol–water partition coefficient (Wildman–Crippen LogP) is 2.36. The zero-order chi connectivity index (χ0) is 16.4. The van der Waals surface area contributed by atoms with Crippen LogP contribution in [0.3, 0.4) is 0 Å². The van der Waals surface area contributed by atoms with Crippen LogP contribution in [0.15, 0.2) is 30.4 Å². The number of hydrogen-bond donors (Lipinski definition) is 1. The van der Waals surface area contributed by atoms with Crippen molar-refractivity contribution >= 4 is 35.1 Å². The van der Waals surface area contributed by atoms with Crippen molar-refractivity contribution < 1.29 is 19.4 Å². The predicted molar refractivity (Wildman–Crippen MR) is 83.2 cm³/mol. The summed E-state index contributed by atoms with van der Waals surface area (Å²) in [7, 11) is 0. The van der Waals surface area contributed by atoms with E-state index in [2.05, 4.69) is 0 Å². The Morgan fingerprint density at radius 3 is 2.96 bits per heavy atom. The molecule has 7 heteroatoms. The lowest BCUT2D eigenvalue weighted by Gasteiger charge is -2.21. The fourth-order valence-electron chi connectivity index (χ4n) is 3.87. The lowest BCUT2D eigenvalue weighted by atomic mass is 9.77. The van der Waals surface area contributed by atoms with Gasteiger partial charge in [0.05, 0.1) is 28.6 Å². The third kappa shape index (κ3) is 2.04. The van der Waals surface area contributed by atoms with Gasteiger partial charge in [-0.2, -0.15) is 0 Å². The zero-order valence-corrected chi connectivity index (χ0v) is 13.4. The van der Waals surface area contributed by atoms with Gasteiger partial charge in [0.2, 0.25) is 5.91 Å². The first-order chi connectivity index (χ1) is 10.9. The highest BCUT2D eigenvalue weighted by atomic mass is 35.5. The van der Waals surface area contributed by atoms with Crippen molar-refractivity contribution in [3.8, 4) is 0 Å². The largest absolute Gasteiger partial charge is 0.481 e. The molecule has 0 saturated carbocycles. The van der Waals surface area contributed by atoms with Gasteiger partial charge in [0.25, 0.3) is 0 Å². The Kier molecular flexibility index (Phi) is 3.24. The summed E-state index contributed by atoms with van der Waals surface area (Å²) in [6, 6.07) is 5.25. The highest BCUT2D eigenvalue weighted by Gasteiger charge is 2.67. The molecular formula is C16H13Cl2NO4. The molecule has 5 nitrogen and oxygen atoms in total. The first-order valence-corrected chi connectivity index (χ1v) is 8.00. The van der Waals surface area contributed by atoms with Gasteiger partial charge in [-0.3, -0.25) is 9.59 Å². The topological polar surface area (TPSA) is 66.8 Å². The summed E-state index contributed by atoms with van der Waals surface area (Å²) in [6.07, 6.45) is 3.07. The number of ether oxygens (including phenoxy) is 1. The Bertz CT molecular complexity index is 750. The number of amides is 1.